The third-order valence-electron chi connectivity index (χ3n) is 3.60. The lowest BCUT2D eigenvalue weighted by atomic mass is 10.0. The predicted molar refractivity (Wildman–Crippen MR) is 76.1 cm³/mol. The largest absolute Gasteiger partial charge is 0.494 e. The van der Waals surface area contributed by atoms with Crippen LogP contribution in [0, 0.1) is 6.92 Å². The summed E-state index contributed by atoms with van der Waals surface area (Å²) in [5, 5.41) is 3.37. The molecule has 2 aromatic rings. The number of hydrogen-bond donors (Lipinski definition) is 1. The van der Waals surface area contributed by atoms with Gasteiger partial charge in [-0.15, -0.1) is 0 Å². The number of aromatic nitrogens is 1. The maximum atomic E-state index is 5.47. The zero-order valence-electron chi connectivity index (χ0n) is 11.4. The monoisotopic (exact) mass is 254 g/mol. The van der Waals surface area contributed by atoms with Gasteiger partial charge < -0.3 is 10.1 Å². The fourth-order valence-corrected chi connectivity index (χ4v) is 2.59. The molecule has 0 atom stereocenters. The van der Waals surface area contributed by atoms with Gasteiger partial charge in [-0.05, 0) is 54.8 Å². The maximum Gasteiger partial charge on any atom is 0.119 e. The first-order valence-electron chi connectivity index (χ1n) is 6.71. The SMILES string of the molecule is CCOc1ccc(-c2ncc3c(c2C)CNC3)cc1. The standard InChI is InChI=1S/C16H18N2O/c1-3-19-14-6-4-12(5-7-14)16-11(2)15-10-17-8-13(15)9-18-16/h4-7,9,17H,3,8,10H2,1-2H3. The van der Waals surface area contributed by atoms with E-state index in [0.29, 0.717) is 6.61 Å². The molecule has 3 nitrogen and oxygen atoms in total. The molecule has 0 aliphatic carbocycles. The molecular formula is C16H18N2O. The predicted octanol–water partition coefficient (Wildman–Crippen LogP) is 3.06. The molecule has 0 saturated carbocycles. The fraction of sp³-hybridized carbons (Fsp3) is 0.312. The highest BCUT2D eigenvalue weighted by molar-refractivity contribution is 5.66. The van der Waals surface area contributed by atoms with E-state index in [2.05, 4.69) is 29.4 Å². The van der Waals surface area contributed by atoms with Gasteiger partial charge in [0.25, 0.3) is 0 Å². The molecule has 0 radical (unpaired) electrons. The van der Waals surface area contributed by atoms with Crippen molar-refractivity contribution in [2.75, 3.05) is 6.61 Å². The Balaban J connectivity index is 1.98. The first kappa shape index (κ1) is 12.2. The van der Waals surface area contributed by atoms with E-state index >= 15 is 0 Å². The van der Waals surface area contributed by atoms with Gasteiger partial charge in [0, 0.05) is 24.8 Å². The Labute approximate surface area is 113 Å². The minimum Gasteiger partial charge on any atom is -0.494 e. The number of fused-ring (bicyclic) bond motifs is 1. The molecule has 1 N–H and O–H groups in total. The van der Waals surface area contributed by atoms with Crippen LogP contribution in [0.2, 0.25) is 0 Å². The molecule has 3 rings (SSSR count). The van der Waals surface area contributed by atoms with Crippen molar-refractivity contribution in [2.45, 2.75) is 26.9 Å². The second-order valence-corrected chi connectivity index (χ2v) is 4.80. The number of hydrogen-bond acceptors (Lipinski definition) is 3. The van der Waals surface area contributed by atoms with Crippen molar-refractivity contribution in [3.63, 3.8) is 0 Å². The van der Waals surface area contributed by atoms with Crippen molar-refractivity contribution in [3.8, 4) is 17.0 Å². The minimum absolute atomic E-state index is 0.696. The highest BCUT2D eigenvalue weighted by atomic mass is 16.5. The quantitative estimate of drug-likeness (QED) is 0.914. The van der Waals surface area contributed by atoms with Gasteiger partial charge in [0.2, 0.25) is 0 Å². The van der Waals surface area contributed by atoms with Crippen molar-refractivity contribution in [1.82, 2.24) is 10.3 Å². The Morgan fingerprint density at radius 3 is 2.74 bits per heavy atom. The van der Waals surface area contributed by atoms with E-state index in [1.165, 1.54) is 16.7 Å². The molecule has 0 bridgehead atoms. The van der Waals surface area contributed by atoms with E-state index in [9.17, 15) is 0 Å². The summed E-state index contributed by atoms with van der Waals surface area (Å²) in [6.07, 6.45) is 1.99. The number of rotatable bonds is 3. The highest BCUT2D eigenvalue weighted by Gasteiger charge is 2.16. The van der Waals surface area contributed by atoms with Gasteiger partial charge in [-0.3, -0.25) is 4.98 Å². The van der Waals surface area contributed by atoms with Crippen LogP contribution >= 0.6 is 0 Å². The zero-order chi connectivity index (χ0) is 13.2. The molecule has 0 unspecified atom stereocenters. The topological polar surface area (TPSA) is 34.1 Å². The number of nitrogens with one attached hydrogen (secondary N) is 1. The van der Waals surface area contributed by atoms with Crippen molar-refractivity contribution in [2.24, 2.45) is 0 Å². The van der Waals surface area contributed by atoms with Crippen LogP contribution in [0.3, 0.4) is 0 Å². The Morgan fingerprint density at radius 1 is 1.21 bits per heavy atom. The number of ether oxygens (including phenoxy) is 1. The first-order chi connectivity index (χ1) is 9.29. The molecule has 98 valence electrons. The van der Waals surface area contributed by atoms with Crippen LogP contribution in [0.15, 0.2) is 30.5 Å². The molecule has 1 aromatic heterocycles. The molecule has 3 heteroatoms. The van der Waals surface area contributed by atoms with Gasteiger partial charge in [-0.1, -0.05) is 0 Å². The summed E-state index contributed by atoms with van der Waals surface area (Å²) >= 11 is 0. The van der Waals surface area contributed by atoms with Gasteiger partial charge in [0.1, 0.15) is 5.75 Å². The summed E-state index contributed by atoms with van der Waals surface area (Å²) in [6, 6.07) is 8.17. The van der Waals surface area contributed by atoms with Crippen LogP contribution in [0.1, 0.15) is 23.6 Å². The molecule has 0 spiro atoms. The van der Waals surface area contributed by atoms with Crippen molar-refractivity contribution < 1.29 is 4.74 Å². The van der Waals surface area contributed by atoms with Crippen LogP contribution in [0.25, 0.3) is 11.3 Å². The summed E-state index contributed by atoms with van der Waals surface area (Å²) in [4.78, 5) is 4.61. The number of benzene rings is 1. The molecule has 1 aliphatic rings. The van der Waals surface area contributed by atoms with Crippen molar-refractivity contribution in [1.29, 1.82) is 0 Å². The number of nitrogens with zero attached hydrogens (tertiary/aromatic N) is 1. The average Bonchev–Trinajstić information content (AvgIpc) is 2.90. The van der Waals surface area contributed by atoms with Crippen LogP contribution in [0.5, 0.6) is 5.75 Å². The Kier molecular flexibility index (Phi) is 3.22. The molecule has 0 saturated heterocycles. The minimum atomic E-state index is 0.696. The Hall–Kier alpha value is -1.87. The smallest absolute Gasteiger partial charge is 0.119 e. The average molecular weight is 254 g/mol. The summed E-state index contributed by atoms with van der Waals surface area (Å²) in [6.45, 7) is 6.74. The van der Waals surface area contributed by atoms with E-state index in [-0.39, 0.29) is 0 Å². The lowest BCUT2D eigenvalue weighted by Gasteiger charge is -2.10. The molecule has 0 amide bonds. The van der Waals surface area contributed by atoms with Crippen molar-refractivity contribution in [3.05, 3.63) is 47.2 Å². The second kappa shape index (κ2) is 5.02. The second-order valence-electron chi connectivity index (χ2n) is 4.80. The van der Waals surface area contributed by atoms with E-state index < -0.39 is 0 Å². The molecule has 1 aromatic carbocycles. The highest BCUT2D eigenvalue weighted by Crippen LogP contribution is 2.28. The summed E-state index contributed by atoms with van der Waals surface area (Å²) < 4.78 is 5.47. The maximum absolute atomic E-state index is 5.47. The summed E-state index contributed by atoms with van der Waals surface area (Å²) in [5.41, 5.74) is 6.24. The van der Waals surface area contributed by atoms with Gasteiger partial charge in [-0.2, -0.15) is 0 Å². The van der Waals surface area contributed by atoms with Crippen LogP contribution in [-0.4, -0.2) is 11.6 Å². The lowest BCUT2D eigenvalue weighted by Crippen LogP contribution is -2.00. The van der Waals surface area contributed by atoms with Crippen LogP contribution in [0.4, 0.5) is 0 Å². The van der Waals surface area contributed by atoms with Crippen LogP contribution < -0.4 is 10.1 Å². The van der Waals surface area contributed by atoms with Crippen LogP contribution in [-0.2, 0) is 13.1 Å². The number of pyridine rings is 1. The zero-order valence-corrected chi connectivity index (χ0v) is 11.4. The normalized spacial score (nSPS) is 13.4. The van der Waals surface area contributed by atoms with Gasteiger partial charge >= 0.3 is 0 Å². The van der Waals surface area contributed by atoms with Gasteiger partial charge in [-0.25, -0.2) is 0 Å². The van der Waals surface area contributed by atoms with Crippen molar-refractivity contribution >= 4 is 0 Å². The molecule has 0 fully saturated rings. The Bertz CT molecular complexity index is 590. The fourth-order valence-electron chi connectivity index (χ4n) is 2.59. The third-order valence-corrected chi connectivity index (χ3v) is 3.60. The van der Waals surface area contributed by atoms with E-state index in [1.54, 1.807) is 0 Å². The molecule has 2 heterocycles. The molecule has 1 aliphatic heterocycles. The van der Waals surface area contributed by atoms with E-state index in [4.69, 9.17) is 4.74 Å². The summed E-state index contributed by atoms with van der Waals surface area (Å²) in [7, 11) is 0. The third kappa shape index (κ3) is 2.22. The lowest BCUT2D eigenvalue weighted by molar-refractivity contribution is 0.340. The first-order valence-corrected chi connectivity index (χ1v) is 6.71. The Morgan fingerprint density at radius 2 is 2.00 bits per heavy atom. The van der Waals surface area contributed by atoms with E-state index in [0.717, 1.165) is 30.1 Å². The summed E-state index contributed by atoms with van der Waals surface area (Å²) in [5.74, 6) is 0.909. The van der Waals surface area contributed by atoms with E-state index in [1.807, 2.05) is 25.3 Å². The van der Waals surface area contributed by atoms with Gasteiger partial charge in [0.15, 0.2) is 0 Å². The van der Waals surface area contributed by atoms with Gasteiger partial charge in [0.05, 0.1) is 12.3 Å². The molecule has 19 heavy (non-hydrogen) atoms. The molecular weight excluding hydrogens is 236 g/mol.